The summed E-state index contributed by atoms with van der Waals surface area (Å²) in [5.41, 5.74) is 0.544. The number of H-pyrrole nitrogens is 1. The molecule has 0 unspecified atom stereocenters. The first-order chi connectivity index (χ1) is 13.8. The zero-order valence-corrected chi connectivity index (χ0v) is 16.1. The predicted molar refractivity (Wildman–Crippen MR) is 105 cm³/mol. The van der Waals surface area contributed by atoms with Crippen LogP contribution in [0.3, 0.4) is 0 Å². The maximum atomic E-state index is 12.6. The van der Waals surface area contributed by atoms with Crippen LogP contribution in [0.1, 0.15) is 53.6 Å². The minimum absolute atomic E-state index is 0.197. The Bertz CT molecular complexity index is 846. The lowest BCUT2D eigenvalue weighted by Gasteiger charge is -2.28. The second-order valence-corrected chi connectivity index (χ2v) is 7.77. The summed E-state index contributed by atoms with van der Waals surface area (Å²) in [5, 5.41) is 2.88. The van der Waals surface area contributed by atoms with Crippen LogP contribution in [0, 0.1) is 11.8 Å². The maximum absolute atomic E-state index is 12.6. The normalized spacial score (nSPS) is 19.7. The van der Waals surface area contributed by atoms with Crippen LogP contribution in [-0.2, 0) is 12.6 Å². The van der Waals surface area contributed by atoms with Crippen molar-refractivity contribution < 1.29 is 18.0 Å². The van der Waals surface area contributed by atoms with Gasteiger partial charge in [0, 0.05) is 18.8 Å². The summed E-state index contributed by atoms with van der Waals surface area (Å²) in [7, 11) is 0. The zero-order chi connectivity index (χ0) is 20.9. The molecule has 1 aromatic carbocycles. The van der Waals surface area contributed by atoms with Crippen molar-refractivity contribution in [1.82, 2.24) is 10.3 Å². The molecule has 1 heterocycles. The van der Waals surface area contributed by atoms with Crippen molar-refractivity contribution in [1.29, 1.82) is 0 Å². The molecule has 0 atom stereocenters. The van der Waals surface area contributed by atoms with E-state index in [2.05, 4.69) is 10.3 Å². The fraction of sp³-hybridized carbons (Fsp3) is 0.455. The number of aromatic amines is 1. The molecule has 1 aliphatic rings. The van der Waals surface area contributed by atoms with E-state index in [9.17, 15) is 22.8 Å². The number of rotatable bonds is 6. The summed E-state index contributed by atoms with van der Waals surface area (Å²) in [6, 6.07) is 8.31. The molecule has 1 aliphatic carbocycles. The standard InChI is InChI=1S/C22H25F3N2O2/c23-22(24,25)19-8-5-17(6-9-19)13-16-3-1-15(2-4-16)11-12-26-21(29)18-7-10-20(28)27-14-18/h5-10,14-16H,1-4,11-13H2,(H,26,29)(H,27,28). The molecule has 1 saturated carbocycles. The number of aromatic nitrogens is 1. The smallest absolute Gasteiger partial charge is 0.352 e. The summed E-state index contributed by atoms with van der Waals surface area (Å²) in [5.74, 6) is 0.852. The van der Waals surface area contributed by atoms with E-state index >= 15 is 0 Å². The molecule has 1 amide bonds. The largest absolute Gasteiger partial charge is 0.416 e. The van der Waals surface area contributed by atoms with Crippen LogP contribution in [-0.4, -0.2) is 17.4 Å². The third-order valence-corrected chi connectivity index (χ3v) is 5.66. The van der Waals surface area contributed by atoms with Crippen molar-refractivity contribution in [3.05, 3.63) is 69.6 Å². The van der Waals surface area contributed by atoms with E-state index in [0.29, 0.717) is 23.9 Å². The number of halogens is 3. The van der Waals surface area contributed by atoms with Gasteiger partial charge in [0.15, 0.2) is 0 Å². The van der Waals surface area contributed by atoms with Gasteiger partial charge in [-0.05, 0) is 61.3 Å². The lowest BCUT2D eigenvalue weighted by atomic mass is 9.78. The van der Waals surface area contributed by atoms with E-state index in [1.165, 1.54) is 18.3 Å². The number of carbonyl (C=O) groups excluding carboxylic acids is 1. The highest BCUT2D eigenvalue weighted by atomic mass is 19.4. The number of amides is 1. The number of hydrogen-bond acceptors (Lipinski definition) is 2. The van der Waals surface area contributed by atoms with Crippen molar-refractivity contribution in [2.45, 2.75) is 44.7 Å². The Kier molecular flexibility index (Phi) is 6.77. The third kappa shape index (κ3) is 6.21. The van der Waals surface area contributed by atoms with Crippen molar-refractivity contribution in [2.75, 3.05) is 6.54 Å². The summed E-state index contributed by atoms with van der Waals surface area (Å²) in [6.45, 7) is 0.589. The minimum Gasteiger partial charge on any atom is -0.352 e. The van der Waals surface area contributed by atoms with E-state index in [1.54, 1.807) is 12.1 Å². The summed E-state index contributed by atoms with van der Waals surface area (Å²) in [6.07, 6.45) is 3.09. The zero-order valence-electron chi connectivity index (χ0n) is 16.1. The summed E-state index contributed by atoms with van der Waals surface area (Å²) < 4.78 is 37.9. The second kappa shape index (κ2) is 9.29. The topological polar surface area (TPSA) is 62.0 Å². The molecule has 2 aromatic rings. The van der Waals surface area contributed by atoms with Crippen LogP contribution in [0.5, 0.6) is 0 Å². The lowest BCUT2D eigenvalue weighted by Crippen LogP contribution is -2.27. The Morgan fingerprint density at radius 1 is 1.00 bits per heavy atom. The first-order valence-corrected chi connectivity index (χ1v) is 9.94. The number of hydrogen-bond donors (Lipinski definition) is 2. The van der Waals surface area contributed by atoms with Crippen molar-refractivity contribution in [3.63, 3.8) is 0 Å². The number of carbonyl (C=O) groups is 1. The highest BCUT2D eigenvalue weighted by Gasteiger charge is 2.30. The Labute approximate surface area is 167 Å². The molecule has 156 valence electrons. The molecule has 1 fully saturated rings. The van der Waals surface area contributed by atoms with Crippen molar-refractivity contribution >= 4 is 5.91 Å². The first kappa shape index (κ1) is 21.1. The van der Waals surface area contributed by atoms with Crippen LogP contribution in [0.2, 0.25) is 0 Å². The summed E-state index contributed by atoms with van der Waals surface area (Å²) >= 11 is 0. The molecule has 0 saturated heterocycles. The lowest BCUT2D eigenvalue weighted by molar-refractivity contribution is -0.137. The van der Waals surface area contributed by atoms with Gasteiger partial charge in [0.1, 0.15) is 0 Å². The van der Waals surface area contributed by atoms with Gasteiger partial charge in [-0.1, -0.05) is 25.0 Å². The predicted octanol–water partition coefficient (Wildman–Crippen LogP) is 4.56. The highest BCUT2D eigenvalue weighted by Crippen LogP contribution is 2.33. The van der Waals surface area contributed by atoms with E-state index in [0.717, 1.165) is 56.2 Å². The van der Waals surface area contributed by atoms with Crippen molar-refractivity contribution in [2.24, 2.45) is 11.8 Å². The molecule has 29 heavy (non-hydrogen) atoms. The molecular weight excluding hydrogens is 381 g/mol. The average Bonchev–Trinajstić information content (AvgIpc) is 2.69. The number of alkyl halides is 3. The molecule has 2 N–H and O–H groups in total. The van der Waals surface area contributed by atoms with E-state index in [4.69, 9.17) is 0 Å². The van der Waals surface area contributed by atoms with Gasteiger partial charge in [-0.2, -0.15) is 13.2 Å². The van der Waals surface area contributed by atoms with Gasteiger partial charge in [-0.15, -0.1) is 0 Å². The van der Waals surface area contributed by atoms with E-state index in [-0.39, 0.29) is 11.5 Å². The van der Waals surface area contributed by atoms with Crippen molar-refractivity contribution in [3.8, 4) is 0 Å². The molecule has 0 spiro atoms. The Morgan fingerprint density at radius 2 is 1.66 bits per heavy atom. The van der Waals surface area contributed by atoms with Crippen LogP contribution < -0.4 is 10.9 Å². The molecule has 7 heteroatoms. The van der Waals surface area contributed by atoms with Crippen LogP contribution in [0.25, 0.3) is 0 Å². The SMILES string of the molecule is O=C(NCCC1CCC(Cc2ccc(C(F)(F)F)cc2)CC1)c1ccc(=O)[nH]c1. The Morgan fingerprint density at radius 3 is 2.24 bits per heavy atom. The maximum Gasteiger partial charge on any atom is 0.416 e. The Hall–Kier alpha value is -2.57. The van der Waals surface area contributed by atoms with Gasteiger partial charge in [-0.25, -0.2) is 0 Å². The average molecular weight is 406 g/mol. The summed E-state index contributed by atoms with van der Waals surface area (Å²) in [4.78, 5) is 25.5. The molecule has 0 aliphatic heterocycles. The van der Waals surface area contributed by atoms with Gasteiger partial charge >= 0.3 is 6.18 Å². The fourth-order valence-corrected chi connectivity index (χ4v) is 3.93. The third-order valence-electron chi connectivity index (χ3n) is 5.66. The monoisotopic (exact) mass is 406 g/mol. The minimum atomic E-state index is -4.29. The molecular formula is C22H25F3N2O2. The van der Waals surface area contributed by atoms with Gasteiger partial charge in [-0.3, -0.25) is 9.59 Å². The van der Waals surface area contributed by atoms with Crippen LogP contribution >= 0.6 is 0 Å². The second-order valence-electron chi connectivity index (χ2n) is 7.77. The molecule has 4 nitrogen and oxygen atoms in total. The van der Waals surface area contributed by atoms with Crippen LogP contribution in [0.15, 0.2) is 47.4 Å². The Balaban J connectivity index is 1.37. The van der Waals surface area contributed by atoms with E-state index in [1.807, 2.05) is 0 Å². The quantitative estimate of drug-likeness (QED) is 0.739. The molecule has 3 rings (SSSR count). The van der Waals surface area contributed by atoms with Crippen LogP contribution in [0.4, 0.5) is 13.2 Å². The van der Waals surface area contributed by atoms with Gasteiger partial charge in [0.05, 0.1) is 11.1 Å². The number of pyridine rings is 1. The van der Waals surface area contributed by atoms with Gasteiger partial charge < -0.3 is 10.3 Å². The van der Waals surface area contributed by atoms with Gasteiger partial charge in [0.25, 0.3) is 5.91 Å². The number of nitrogens with one attached hydrogen (secondary N) is 2. The van der Waals surface area contributed by atoms with E-state index < -0.39 is 11.7 Å². The molecule has 0 radical (unpaired) electrons. The fourth-order valence-electron chi connectivity index (χ4n) is 3.93. The van der Waals surface area contributed by atoms with Gasteiger partial charge in [0.2, 0.25) is 5.56 Å². The molecule has 0 bridgehead atoms. The molecule has 1 aromatic heterocycles. The highest BCUT2D eigenvalue weighted by molar-refractivity contribution is 5.93. The number of benzene rings is 1. The first-order valence-electron chi connectivity index (χ1n) is 9.94.